The minimum absolute atomic E-state index is 0.633. The van der Waals surface area contributed by atoms with E-state index in [0.29, 0.717) is 12.0 Å². The van der Waals surface area contributed by atoms with Crippen molar-refractivity contribution in [3.05, 3.63) is 29.8 Å². The van der Waals surface area contributed by atoms with Crippen molar-refractivity contribution in [2.75, 3.05) is 14.2 Å². The second-order valence-electron chi connectivity index (χ2n) is 4.67. The van der Waals surface area contributed by atoms with Gasteiger partial charge in [0, 0.05) is 6.04 Å². The van der Waals surface area contributed by atoms with Crippen LogP contribution in [0.5, 0.6) is 5.75 Å². The highest BCUT2D eigenvalue weighted by Gasteiger charge is 2.12. The summed E-state index contributed by atoms with van der Waals surface area (Å²) < 4.78 is 5.16. The number of ether oxygens (including phenoxy) is 1. The Morgan fingerprint density at radius 2 is 1.88 bits per heavy atom. The number of hydrogen-bond acceptors (Lipinski definition) is 2. The van der Waals surface area contributed by atoms with E-state index in [1.165, 1.54) is 18.4 Å². The van der Waals surface area contributed by atoms with Crippen molar-refractivity contribution in [2.45, 2.75) is 39.2 Å². The number of methoxy groups -OCH3 is 1. The second-order valence-corrected chi connectivity index (χ2v) is 4.67. The van der Waals surface area contributed by atoms with Crippen LogP contribution in [-0.2, 0) is 6.42 Å². The average Bonchev–Trinajstić information content (AvgIpc) is 2.38. The molecule has 1 aromatic carbocycles. The Kier molecular flexibility index (Phi) is 6.06. The van der Waals surface area contributed by atoms with E-state index in [4.69, 9.17) is 4.74 Å². The van der Waals surface area contributed by atoms with E-state index in [1.54, 1.807) is 7.11 Å². The van der Waals surface area contributed by atoms with Crippen LogP contribution in [0.2, 0.25) is 0 Å². The zero-order chi connectivity index (χ0) is 12.7. The van der Waals surface area contributed by atoms with Gasteiger partial charge in [-0.2, -0.15) is 0 Å². The van der Waals surface area contributed by atoms with Gasteiger partial charge in [-0.15, -0.1) is 0 Å². The number of nitrogens with one attached hydrogen (secondary N) is 1. The SMILES string of the molecule is CCC(NC)C(C)CCc1ccc(OC)cc1. The zero-order valence-corrected chi connectivity index (χ0v) is 11.5. The van der Waals surface area contributed by atoms with Crippen LogP contribution in [0.3, 0.4) is 0 Å². The van der Waals surface area contributed by atoms with Crippen LogP contribution >= 0.6 is 0 Å². The van der Waals surface area contributed by atoms with Gasteiger partial charge < -0.3 is 10.1 Å². The van der Waals surface area contributed by atoms with Gasteiger partial charge in [-0.05, 0) is 49.9 Å². The Morgan fingerprint density at radius 3 is 2.35 bits per heavy atom. The molecule has 0 bridgehead atoms. The van der Waals surface area contributed by atoms with E-state index in [0.717, 1.165) is 12.2 Å². The molecule has 0 aliphatic rings. The largest absolute Gasteiger partial charge is 0.497 e. The topological polar surface area (TPSA) is 21.3 Å². The quantitative estimate of drug-likeness (QED) is 0.783. The van der Waals surface area contributed by atoms with Crippen LogP contribution < -0.4 is 10.1 Å². The first-order chi connectivity index (χ1) is 8.21. The van der Waals surface area contributed by atoms with Crippen LogP contribution in [0.1, 0.15) is 32.3 Å². The lowest BCUT2D eigenvalue weighted by Crippen LogP contribution is -2.31. The maximum absolute atomic E-state index is 5.16. The Balaban J connectivity index is 2.43. The lowest BCUT2D eigenvalue weighted by Gasteiger charge is -2.22. The number of rotatable bonds is 7. The molecule has 0 aliphatic heterocycles. The van der Waals surface area contributed by atoms with Gasteiger partial charge in [-0.3, -0.25) is 0 Å². The fourth-order valence-corrected chi connectivity index (χ4v) is 2.28. The molecule has 0 aliphatic carbocycles. The average molecular weight is 235 g/mol. The summed E-state index contributed by atoms with van der Waals surface area (Å²) in [5, 5.41) is 3.39. The standard InChI is InChI=1S/C15H25NO/c1-5-15(16-3)12(2)6-7-13-8-10-14(17-4)11-9-13/h8-12,15-16H,5-7H2,1-4H3. The third-order valence-electron chi connectivity index (χ3n) is 3.54. The first-order valence-electron chi connectivity index (χ1n) is 6.51. The zero-order valence-electron chi connectivity index (χ0n) is 11.5. The van der Waals surface area contributed by atoms with Gasteiger partial charge in [-0.1, -0.05) is 26.0 Å². The van der Waals surface area contributed by atoms with Crippen LogP contribution in [0, 0.1) is 5.92 Å². The number of benzene rings is 1. The van der Waals surface area contributed by atoms with Crippen LogP contribution in [0.4, 0.5) is 0 Å². The predicted molar refractivity (Wildman–Crippen MR) is 73.6 cm³/mol. The Bertz CT molecular complexity index is 303. The van der Waals surface area contributed by atoms with Gasteiger partial charge in [-0.25, -0.2) is 0 Å². The first kappa shape index (κ1) is 14.0. The highest BCUT2D eigenvalue weighted by molar-refractivity contribution is 5.27. The van der Waals surface area contributed by atoms with Gasteiger partial charge in [0.1, 0.15) is 5.75 Å². The molecule has 0 saturated carbocycles. The molecule has 96 valence electrons. The summed E-state index contributed by atoms with van der Waals surface area (Å²) >= 11 is 0. The van der Waals surface area contributed by atoms with Crippen LogP contribution in [-0.4, -0.2) is 20.2 Å². The van der Waals surface area contributed by atoms with Crippen molar-refractivity contribution < 1.29 is 4.74 Å². The van der Waals surface area contributed by atoms with Crippen molar-refractivity contribution in [1.29, 1.82) is 0 Å². The molecule has 1 N–H and O–H groups in total. The molecule has 0 radical (unpaired) electrons. The summed E-state index contributed by atoms with van der Waals surface area (Å²) in [5.41, 5.74) is 1.39. The van der Waals surface area contributed by atoms with Gasteiger partial charge in [0.25, 0.3) is 0 Å². The molecule has 0 aromatic heterocycles. The van der Waals surface area contributed by atoms with Crippen molar-refractivity contribution in [1.82, 2.24) is 5.32 Å². The summed E-state index contributed by atoms with van der Waals surface area (Å²) in [5.74, 6) is 1.65. The summed E-state index contributed by atoms with van der Waals surface area (Å²) in [4.78, 5) is 0. The van der Waals surface area contributed by atoms with Crippen LogP contribution in [0.25, 0.3) is 0 Å². The number of hydrogen-bond donors (Lipinski definition) is 1. The summed E-state index contributed by atoms with van der Waals surface area (Å²) in [6.07, 6.45) is 3.56. The molecule has 0 saturated heterocycles. The second kappa shape index (κ2) is 7.33. The fraction of sp³-hybridized carbons (Fsp3) is 0.600. The molecule has 0 fully saturated rings. The molecule has 2 atom stereocenters. The predicted octanol–water partition coefficient (Wildman–Crippen LogP) is 3.26. The maximum Gasteiger partial charge on any atom is 0.118 e. The summed E-state index contributed by atoms with van der Waals surface area (Å²) in [6.45, 7) is 4.57. The third-order valence-corrected chi connectivity index (χ3v) is 3.54. The van der Waals surface area contributed by atoms with Crippen molar-refractivity contribution in [3.63, 3.8) is 0 Å². The minimum atomic E-state index is 0.633. The van der Waals surface area contributed by atoms with Gasteiger partial charge in [0.15, 0.2) is 0 Å². The van der Waals surface area contributed by atoms with E-state index >= 15 is 0 Å². The molecule has 2 heteroatoms. The van der Waals surface area contributed by atoms with Gasteiger partial charge in [0.05, 0.1) is 7.11 Å². The van der Waals surface area contributed by atoms with Gasteiger partial charge in [0.2, 0.25) is 0 Å². The molecule has 0 heterocycles. The Labute approximate surface area is 105 Å². The molecule has 2 unspecified atom stereocenters. The molecule has 0 amide bonds. The van der Waals surface area contributed by atoms with E-state index < -0.39 is 0 Å². The fourth-order valence-electron chi connectivity index (χ4n) is 2.28. The Hall–Kier alpha value is -1.02. The molecule has 0 spiro atoms. The van der Waals surface area contributed by atoms with E-state index in [-0.39, 0.29) is 0 Å². The van der Waals surface area contributed by atoms with Crippen molar-refractivity contribution in [2.24, 2.45) is 5.92 Å². The van der Waals surface area contributed by atoms with E-state index in [2.05, 4.69) is 38.3 Å². The van der Waals surface area contributed by atoms with E-state index in [9.17, 15) is 0 Å². The molecule has 17 heavy (non-hydrogen) atoms. The van der Waals surface area contributed by atoms with Crippen molar-refractivity contribution in [3.8, 4) is 5.75 Å². The van der Waals surface area contributed by atoms with E-state index in [1.807, 2.05) is 12.1 Å². The molecule has 1 aromatic rings. The third kappa shape index (κ3) is 4.39. The Morgan fingerprint density at radius 1 is 1.24 bits per heavy atom. The smallest absolute Gasteiger partial charge is 0.118 e. The molecular weight excluding hydrogens is 210 g/mol. The summed E-state index contributed by atoms with van der Waals surface area (Å²) in [6, 6.07) is 9.02. The monoisotopic (exact) mass is 235 g/mol. The normalized spacial score (nSPS) is 14.4. The minimum Gasteiger partial charge on any atom is -0.497 e. The lowest BCUT2D eigenvalue weighted by molar-refractivity contribution is 0.368. The summed E-state index contributed by atoms with van der Waals surface area (Å²) in [7, 11) is 3.76. The number of aryl methyl sites for hydroxylation is 1. The van der Waals surface area contributed by atoms with Gasteiger partial charge >= 0.3 is 0 Å². The molecule has 2 nitrogen and oxygen atoms in total. The molecule has 1 rings (SSSR count). The highest BCUT2D eigenvalue weighted by atomic mass is 16.5. The first-order valence-corrected chi connectivity index (χ1v) is 6.51. The maximum atomic E-state index is 5.16. The van der Waals surface area contributed by atoms with Crippen molar-refractivity contribution >= 4 is 0 Å². The van der Waals surface area contributed by atoms with Crippen LogP contribution in [0.15, 0.2) is 24.3 Å². The highest BCUT2D eigenvalue weighted by Crippen LogP contribution is 2.17. The lowest BCUT2D eigenvalue weighted by atomic mass is 9.93. The molecular formula is C15H25NO.